The third kappa shape index (κ3) is 3.39. The van der Waals surface area contributed by atoms with Crippen LogP contribution in [0.15, 0.2) is 29.1 Å². The van der Waals surface area contributed by atoms with Gasteiger partial charge in [-0.3, -0.25) is 14.3 Å². The molecule has 0 bridgehead atoms. The Labute approximate surface area is 196 Å². The van der Waals surface area contributed by atoms with Gasteiger partial charge in [0.1, 0.15) is 5.56 Å². The van der Waals surface area contributed by atoms with Crippen molar-refractivity contribution in [2.24, 2.45) is 0 Å². The lowest BCUT2D eigenvalue weighted by Crippen LogP contribution is -3.10. The van der Waals surface area contributed by atoms with Crippen molar-refractivity contribution >= 4 is 12.2 Å². The van der Waals surface area contributed by atoms with Crippen molar-refractivity contribution in [2.75, 3.05) is 27.5 Å². The Balaban J connectivity index is 1.80. The molecule has 0 saturated carbocycles. The van der Waals surface area contributed by atoms with Gasteiger partial charge in [0.2, 0.25) is 18.4 Å². The average Bonchev–Trinajstić information content (AvgIpc) is 3.21. The second kappa shape index (κ2) is 7.93. The van der Waals surface area contributed by atoms with Gasteiger partial charge >= 0.3 is 0 Å². The number of hydrogen-bond donors (Lipinski definition) is 3. The topological polar surface area (TPSA) is 90.2 Å². The lowest BCUT2D eigenvalue weighted by atomic mass is 9.87. The molecular formula is C24H26N3O5S+. The minimum Gasteiger partial charge on any atom is -0.494 e. The first-order valence-corrected chi connectivity index (χ1v) is 11.2. The Kier molecular flexibility index (Phi) is 5.18. The summed E-state index contributed by atoms with van der Waals surface area (Å²) in [5, 5.41) is 11.5. The number of ether oxygens (including phenoxy) is 3. The number of aromatic amines is 1. The van der Waals surface area contributed by atoms with E-state index >= 15 is 0 Å². The average molecular weight is 469 g/mol. The first kappa shape index (κ1) is 21.5. The summed E-state index contributed by atoms with van der Waals surface area (Å²) in [6.45, 7) is 4.84. The number of aryl methyl sites for hydroxylation is 2. The normalized spacial score (nSPS) is 18.8. The summed E-state index contributed by atoms with van der Waals surface area (Å²) in [6.07, 6.45) is 0.777. The second-order valence-electron chi connectivity index (χ2n) is 8.67. The zero-order valence-electron chi connectivity index (χ0n) is 18.9. The minimum atomic E-state index is -0.491. The number of nitrogens with zero attached hydrogens (tertiary/aromatic N) is 1. The van der Waals surface area contributed by atoms with E-state index in [9.17, 15) is 9.90 Å². The summed E-state index contributed by atoms with van der Waals surface area (Å²) in [6, 6.07) is 7.35. The van der Waals surface area contributed by atoms with Gasteiger partial charge in [0, 0.05) is 6.42 Å². The van der Waals surface area contributed by atoms with E-state index in [0.29, 0.717) is 22.9 Å². The molecule has 2 aliphatic rings. The Bertz CT molecular complexity index is 1370. The van der Waals surface area contributed by atoms with Crippen LogP contribution in [0.5, 0.6) is 23.1 Å². The highest BCUT2D eigenvalue weighted by molar-refractivity contribution is 7.71. The van der Waals surface area contributed by atoms with Crippen molar-refractivity contribution in [2.45, 2.75) is 26.3 Å². The molecule has 1 unspecified atom stereocenters. The molecule has 9 heteroatoms. The summed E-state index contributed by atoms with van der Waals surface area (Å²) >= 11 is 5.46. The lowest BCUT2D eigenvalue weighted by Gasteiger charge is -2.33. The molecule has 5 rings (SSSR count). The van der Waals surface area contributed by atoms with E-state index in [1.54, 1.807) is 7.11 Å². The standard InChI is InChI=1S/C24H25N3O5S/c1-12-7-13(2)9-15(8-12)27-23(29)18(22(28)25-24(27)33)19-17-14(5-6-26(19)3)10-16-20(21(17)30-4)32-11-31-16/h7-10,19,29H,5-6,11H2,1-4H3,(H,25,28,33)/p+1/t19-/m0/s1. The monoisotopic (exact) mass is 468 g/mol. The van der Waals surface area contributed by atoms with Gasteiger partial charge in [-0.05, 0) is 61.0 Å². The second-order valence-corrected chi connectivity index (χ2v) is 9.06. The Morgan fingerprint density at radius 3 is 2.61 bits per heavy atom. The van der Waals surface area contributed by atoms with E-state index < -0.39 is 11.6 Å². The smallest absolute Gasteiger partial charge is 0.265 e. The third-order valence-corrected chi connectivity index (χ3v) is 6.68. The Morgan fingerprint density at radius 2 is 1.91 bits per heavy atom. The molecule has 33 heavy (non-hydrogen) atoms. The van der Waals surface area contributed by atoms with Crippen molar-refractivity contribution in [3.63, 3.8) is 0 Å². The number of rotatable bonds is 3. The lowest BCUT2D eigenvalue weighted by molar-refractivity contribution is -0.908. The molecule has 8 nitrogen and oxygen atoms in total. The number of aromatic hydroxyl groups is 1. The van der Waals surface area contributed by atoms with E-state index in [0.717, 1.165) is 40.1 Å². The molecule has 2 aromatic carbocycles. The zero-order valence-corrected chi connectivity index (χ0v) is 19.8. The predicted molar refractivity (Wildman–Crippen MR) is 125 cm³/mol. The van der Waals surface area contributed by atoms with Crippen LogP contribution in [0.2, 0.25) is 0 Å². The number of H-pyrrole nitrogens is 1. The van der Waals surface area contributed by atoms with Gasteiger partial charge in [0.05, 0.1) is 32.0 Å². The van der Waals surface area contributed by atoms with Crippen LogP contribution >= 0.6 is 12.2 Å². The molecule has 0 spiro atoms. The number of benzene rings is 2. The highest BCUT2D eigenvalue weighted by Crippen LogP contribution is 2.48. The summed E-state index contributed by atoms with van der Waals surface area (Å²) in [7, 11) is 3.57. The Morgan fingerprint density at radius 1 is 1.18 bits per heavy atom. The SMILES string of the molecule is COc1c2c(cc3c1[C@@H](c1c(O)n(-c4cc(C)cc(C)c4)c(=S)[nH]c1=O)[NH+](C)CC3)OCO2. The van der Waals surface area contributed by atoms with Crippen LogP contribution in [0.4, 0.5) is 0 Å². The van der Waals surface area contributed by atoms with Gasteiger partial charge < -0.3 is 24.2 Å². The molecule has 0 aliphatic carbocycles. The van der Waals surface area contributed by atoms with Gasteiger partial charge in [-0.25, -0.2) is 0 Å². The van der Waals surface area contributed by atoms with E-state index in [1.165, 1.54) is 4.57 Å². The van der Waals surface area contributed by atoms with E-state index in [-0.39, 0.29) is 23.0 Å². The van der Waals surface area contributed by atoms with Crippen LogP contribution in [0.25, 0.3) is 5.69 Å². The molecule has 0 amide bonds. The first-order chi connectivity index (χ1) is 15.8. The zero-order chi connectivity index (χ0) is 23.4. The van der Waals surface area contributed by atoms with Crippen molar-refractivity contribution in [3.8, 4) is 28.8 Å². The fourth-order valence-corrected chi connectivity index (χ4v) is 5.32. The molecule has 2 aliphatic heterocycles. The number of methoxy groups -OCH3 is 1. The maximum Gasteiger partial charge on any atom is 0.265 e. The van der Waals surface area contributed by atoms with Crippen LogP contribution in [0, 0.1) is 18.6 Å². The van der Waals surface area contributed by atoms with E-state index in [2.05, 4.69) is 4.98 Å². The molecule has 1 aromatic heterocycles. The summed E-state index contributed by atoms with van der Waals surface area (Å²) in [5.74, 6) is 1.51. The van der Waals surface area contributed by atoms with Gasteiger partial charge in [0.25, 0.3) is 5.56 Å². The van der Waals surface area contributed by atoms with Crippen LogP contribution in [0.1, 0.15) is 33.9 Å². The quantitative estimate of drug-likeness (QED) is 0.511. The minimum absolute atomic E-state index is 0.116. The third-order valence-electron chi connectivity index (χ3n) is 6.39. The van der Waals surface area contributed by atoms with Gasteiger partial charge in [-0.1, -0.05) is 6.07 Å². The molecule has 3 heterocycles. The van der Waals surface area contributed by atoms with Crippen molar-refractivity contribution < 1.29 is 24.2 Å². The summed E-state index contributed by atoms with van der Waals surface area (Å²) in [5.41, 5.74) is 4.38. The number of nitrogens with one attached hydrogen (secondary N) is 2. The van der Waals surface area contributed by atoms with Gasteiger partial charge in [0.15, 0.2) is 22.3 Å². The van der Waals surface area contributed by atoms with Crippen molar-refractivity contribution in [3.05, 3.63) is 67.2 Å². The maximum atomic E-state index is 13.3. The van der Waals surface area contributed by atoms with E-state index in [1.807, 2.05) is 45.2 Å². The number of likely N-dealkylation sites (N-methyl/N-ethyl adjacent to an activating group) is 1. The van der Waals surface area contributed by atoms with Crippen LogP contribution in [-0.2, 0) is 6.42 Å². The molecule has 0 saturated heterocycles. The van der Waals surface area contributed by atoms with Crippen molar-refractivity contribution in [1.29, 1.82) is 0 Å². The molecule has 0 fully saturated rings. The number of hydrogen-bond acceptors (Lipinski definition) is 6. The van der Waals surface area contributed by atoms with Gasteiger partial charge in [-0.15, -0.1) is 0 Å². The molecule has 0 radical (unpaired) electrons. The summed E-state index contributed by atoms with van der Waals surface area (Å²) < 4.78 is 18.7. The molecule has 3 aromatic rings. The fraction of sp³-hybridized carbons (Fsp3) is 0.333. The highest BCUT2D eigenvalue weighted by Gasteiger charge is 2.41. The Hall–Kier alpha value is -3.30. The number of quaternary nitrogens is 1. The predicted octanol–water partition coefficient (Wildman–Crippen LogP) is 2.12. The number of aromatic nitrogens is 2. The largest absolute Gasteiger partial charge is 0.494 e. The van der Waals surface area contributed by atoms with Crippen LogP contribution in [-0.4, -0.2) is 42.2 Å². The van der Waals surface area contributed by atoms with Crippen molar-refractivity contribution in [1.82, 2.24) is 9.55 Å². The number of fused-ring (bicyclic) bond motifs is 2. The fourth-order valence-electron chi connectivity index (χ4n) is 5.03. The van der Waals surface area contributed by atoms with Crippen LogP contribution < -0.4 is 24.7 Å². The summed E-state index contributed by atoms with van der Waals surface area (Å²) in [4.78, 5) is 17.1. The van der Waals surface area contributed by atoms with Crippen LogP contribution in [0.3, 0.4) is 0 Å². The molecule has 3 N–H and O–H groups in total. The first-order valence-electron chi connectivity index (χ1n) is 10.8. The molecular weight excluding hydrogens is 442 g/mol. The molecule has 172 valence electrons. The molecule has 2 atom stereocenters. The highest BCUT2D eigenvalue weighted by atomic mass is 32.1. The van der Waals surface area contributed by atoms with E-state index in [4.69, 9.17) is 26.4 Å². The van der Waals surface area contributed by atoms with Gasteiger partial charge in [-0.2, -0.15) is 0 Å². The maximum absolute atomic E-state index is 13.3.